The molecule has 110 valence electrons. The second-order valence-electron chi connectivity index (χ2n) is 5.77. The minimum atomic E-state index is -0.438. The Morgan fingerprint density at radius 1 is 1.40 bits per heavy atom. The predicted molar refractivity (Wildman–Crippen MR) is 75.9 cm³/mol. The lowest BCUT2D eigenvalue weighted by atomic mass is 9.85. The van der Waals surface area contributed by atoms with Crippen molar-refractivity contribution >= 4 is 5.69 Å². The van der Waals surface area contributed by atoms with Crippen LogP contribution in [0.15, 0.2) is 18.2 Å². The van der Waals surface area contributed by atoms with Crippen LogP contribution in [0, 0.1) is 21.8 Å². The molecule has 0 N–H and O–H groups in total. The standard InChI is InChI=1S/C15H21FN2O2/c1-11-5-3-4-6-14(11)17(2)10-12-9-13(16)7-8-15(12)18(19)20/h7-9,11,14H,3-6,10H2,1-2H3. The Morgan fingerprint density at radius 3 is 2.75 bits per heavy atom. The molecular formula is C15H21FN2O2. The van der Waals surface area contributed by atoms with Crippen LogP contribution in [-0.4, -0.2) is 22.9 Å². The molecule has 1 saturated carbocycles. The molecule has 2 unspecified atom stereocenters. The van der Waals surface area contributed by atoms with E-state index in [0.29, 0.717) is 24.1 Å². The van der Waals surface area contributed by atoms with Crippen LogP contribution < -0.4 is 0 Å². The molecule has 0 radical (unpaired) electrons. The summed E-state index contributed by atoms with van der Waals surface area (Å²) < 4.78 is 13.3. The largest absolute Gasteiger partial charge is 0.299 e. The summed E-state index contributed by atoms with van der Waals surface area (Å²) in [6.07, 6.45) is 4.76. The van der Waals surface area contributed by atoms with Gasteiger partial charge in [-0.1, -0.05) is 19.8 Å². The van der Waals surface area contributed by atoms with Crippen molar-refractivity contribution < 1.29 is 9.31 Å². The Labute approximate surface area is 118 Å². The molecule has 4 nitrogen and oxygen atoms in total. The number of nitro groups is 1. The highest BCUT2D eigenvalue weighted by Gasteiger charge is 2.26. The Hall–Kier alpha value is -1.49. The quantitative estimate of drug-likeness (QED) is 0.623. The van der Waals surface area contributed by atoms with Gasteiger partial charge in [-0.05, 0) is 37.9 Å². The van der Waals surface area contributed by atoms with Crippen LogP contribution in [0.25, 0.3) is 0 Å². The number of halogens is 1. The van der Waals surface area contributed by atoms with Crippen LogP contribution in [0.5, 0.6) is 0 Å². The maximum Gasteiger partial charge on any atom is 0.274 e. The minimum Gasteiger partial charge on any atom is -0.299 e. The summed E-state index contributed by atoms with van der Waals surface area (Å²) >= 11 is 0. The van der Waals surface area contributed by atoms with E-state index in [9.17, 15) is 14.5 Å². The molecular weight excluding hydrogens is 259 g/mol. The molecule has 1 aliphatic rings. The summed E-state index contributed by atoms with van der Waals surface area (Å²) in [4.78, 5) is 12.7. The molecule has 20 heavy (non-hydrogen) atoms. The number of nitro benzene ring substituents is 1. The number of rotatable bonds is 4. The van der Waals surface area contributed by atoms with Crippen LogP contribution in [0.2, 0.25) is 0 Å². The van der Waals surface area contributed by atoms with Crippen LogP contribution in [0.1, 0.15) is 38.2 Å². The monoisotopic (exact) mass is 280 g/mol. The smallest absolute Gasteiger partial charge is 0.274 e. The summed E-state index contributed by atoms with van der Waals surface area (Å²) in [5.41, 5.74) is 0.456. The van der Waals surface area contributed by atoms with Crippen molar-refractivity contribution in [3.8, 4) is 0 Å². The van der Waals surface area contributed by atoms with Gasteiger partial charge in [0.1, 0.15) is 5.82 Å². The highest BCUT2D eigenvalue weighted by atomic mass is 19.1. The van der Waals surface area contributed by atoms with Crippen molar-refractivity contribution in [1.29, 1.82) is 0 Å². The Balaban J connectivity index is 2.16. The number of nitrogens with zero attached hydrogens (tertiary/aromatic N) is 2. The summed E-state index contributed by atoms with van der Waals surface area (Å²) in [5.74, 6) is 0.164. The summed E-state index contributed by atoms with van der Waals surface area (Å²) in [5, 5.41) is 11.0. The first-order valence-electron chi connectivity index (χ1n) is 7.12. The molecule has 0 spiro atoms. The van der Waals surface area contributed by atoms with Crippen LogP contribution in [0.3, 0.4) is 0 Å². The van der Waals surface area contributed by atoms with Crippen LogP contribution >= 0.6 is 0 Å². The molecule has 0 saturated heterocycles. The predicted octanol–water partition coefficient (Wildman–Crippen LogP) is 3.74. The SMILES string of the molecule is CC1CCCCC1N(C)Cc1cc(F)ccc1[N+](=O)[O-]. The molecule has 2 rings (SSSR count). The molecule has 0 amide bonds. The second kappa shape index (κ2) is 6.31. The van der Waals surface area contributed by atoms with Gasteiger partial charge < -0.3 is 0 Å². The number of benzene rings is 1. The van der Waals surface area contributed by atoms with Gasteiger partial charge in [0, 0.05) is 24.2 Å². The van der Waals surface area contributed by atoms with E-state index in [4.69, 9.17) is 0 Å². The molecule has 1 aromatic carbocycles. The first kappa shape index (κ1) is 14.9. The fraction of sp³-hybridized carbons (Fsp3) is 0.600. The summed E-state index contributed by atoms with van der Waals surface area (Å²) in [6.45, 7) is 2.64. The fourth-order valence-corrected chi connectivity index (χ4v) is 3.20. The zero-order chi connectivity index (χ0) is 14.7. The van der Waals surface area contributed by atoms with E-state index in [2.05, 4.69) is 11.8 Å². The Morgan fingerprint density at radius 2 is 2.10 bits per heavy atom. The van der Waals surface area contributed by atoms with Gasteiger partial charge in [-0.3, -0.25) is 15.0 Å². The Bertz CT molecular complexity index is 493. The van der Waals surface area contributed by atoms with Crippen LogP contribution in [-0.2, 0) is 6.54 Å². The third-order valence-electron chi connectivity index (χ3n) is 4.29. The molecule has 2 atom stereocenters. The average Bonchev–Trinajstić information content (AvgIpc) is 2.38. The van der Waals surface area contributed by atoms with Crippen molar-refractivity contribution in [2.24, 2.45) is 5.92 Å². The molecule has 0 aliphatic heterocycles. The maximum atomic E-state index is 13.3. The molecule has 0 bridgehead atoms. The van der Waals surface area contributed by atoms with Crippen molar-refractivity contribution in [2.45, 2.75) is 45.2 Å². The van der Waals surface area contributed by atoms with Gasteiger partial charge in [-0.25, -0.2) is 4.39 Å². The molecule has 0 heterocycles. The van der Waals surface area contributed by atoms with Crippen molar-refractivity contribution in [2.75, 3.05) is 7.05 Å². The van der Waals surface area contributed by atoms with Crippen molar-refractivity contribution in [3.63, 3.8) is 0 Å². The zero-order valence-electron chi connectivity index (χ0n) is 12.0. The van der Waals surface area contributed by atoms with E-state index < -0.39 is 10.7 Å². The first-order valence-corrected chi connectivity index (χ1v) is 7.12. The molecule has 1 fully saturated rings. The second-order valence-corrected chi connectivity index (χ2v) is 5.77. The van der Waals surface area contributed by atoms with Gasteiger partial charge >= 0.3 is 0 Å². The highest BCUT2D eigenvalue weighted by molar-refractivity contribution is 5.40. The van der Waals surface area contributed by atoms with Gasteiger partial charge in [-0.2, -0.15) is 0 Å². The van der Waals surface area contributed by atoms with Gasteiger partial charge in [0.15, 0.2) is 0 Å². The van der Waals surface area contributed by atoms with Gasteiger partial charge in [-0.15, -0.1) is 0 Å². The summed E-state index contributed by atoms with van der Waals surface area (Å²) in [6, 6.07) is 4.10. The van der Waals surface area contributed by atoms with E-state index in [1.807, 2.05) is 7.05 Å². The third-order valence-corrected chi connectivity index (χ3v) is 4.29. The summed E-state index contributed by atoms with van der Waals surface area (Å²) in [7, 11) is 1.97. The van der Waals surface area contributed by atoms with Gasteiger partial charge in [0.05, 0.1) is 4.92 Å². The maximum absolute atomic E-state index is 13.3. The van der Waals surface area contributed by atoms with Crippen LogP contribution in [0.4, 0.5) is 10.1 Å². The Kier molecular flexibility index (Phi) is 4.70. The van der Waals surface area contributed by atoms with E-state index in [0.717, 1.165) is 12.5 Å². The molecule has 5 heteroatoms. The average molecular weight is 280 g/mol. The minimum absolute atomic E-state index is 0.00159. The van der Waals surface area contributed by atoms with Crippen molar-refractivity contribution in [3.05, 3.63) is 39.7 Å². The molecule has 1 aliphatic carbocycles. The number of hydrogen-bond donors (Lipinski definition) is 0. The lowest BCUT2D eigenvalue weighted by Gasteiger charge is -2.36. The van der Waals surface area contributed by atoms with Crippen molar-refractivity contribution in [1.82, 2.24) is 4.90 Å². The first-order chi connectivity index (χ1) is 9.49. The lowest BCUT2D eigenvalue weighted by molar-refractivity contribution is -0.385. The third kappa shape index (κ3) is 3.33. The van der Waals surface area contributed by atoms with E-state index in [1.165, 1.54) is 31.4 Å². The van der Waals surface area contributed by atoms with Gasteiger partial charge in [0.2, 0.25) is 0 Å². The fourth-order valence-electron chi connectivity index (χ4n) is 3.20. The number of hydrogen-bond acceptors (Lipinski definition) is 3. The van der Waals surface area contributed by atoms with E-state index >= 15 is 0 Å². The van der Waals surface area contributed by atoms with Gasteiger partial charge in [0.25, 0.3) is 5.69 Å². The zero-order valence-corrected chi connectivity index (χ0v) is 12.0. The lowest BCUT2D eigenvalue weighted by Crippen LogP contribution is -2.38. The molecule has 0 aromatic heterocycles. The highest BCUT2D eigenvalue weighted by Crippen LogP contribution is 2.29. The van der Waals surface area contributed by atoms with E-state index in [1.54, 1.807) is 0 Å². The topological polar surface area (TPSA) is 46.4 Å². The van der Waals surface area contributed by atoms with E-state index in [-0.39, 0.29) is 5.69 Å². The normalized spacial score (nSPS) is 23.0. The molecule has 1 aromatic rings.